The van der Waals surface area contributed by atoms with Crippen molar-refractivity contribution in [2.45, 2.75) is 6.54 Å². The number of nitro groups is 1. The van der Waals surface area contributed by atoms with Crippen LogP contribution in [0.25, 0.3) is 0 Å². The summed E-state index contributed by atoms with van der Waals surface area (Å²) in [7, 11) is 0. The first-order chi connectivity index (χ1) is 5.66. The Morgan fingerprint density at radius 3 is 2.54 bits per heavy atom. The monoisotopic (exact) mass is 266 g/mol. The lowest BCUT2D eigenvalue weighted by atomic mass is 10.2. The van der Waals surface area contributed by atoms with Crippen LogP contribution in [0, 0.1) is 10.1 Å². The minimum Gasteiger partial charge on any atom is -0.326 e. The van der Waals surface area contributed by atoms with E-state index in [4.69, 9.17) is 5.73 Å². The number of hydrogen-bond donors (Lipinski definition) is 1. The molecule has 0 saturated carbocycles. The van der Waals surface area contributed by atoms with Crippen molar-refractivity contribution in [3.05, 3.63) is 38.3 Å². The fourth-order valence-corrected chi connectivity index (χ4v) is 1.44. The molecule has 1 rings (SSSR count). The zero-order valence-electron chi connectivity index (χ0n) is 6.57. The van der Waals surface area contributed by atoms with E-state index in [1.54, 1.807) is 12.1 Å². The smallest absolute Gasteiger partial charge is 0.275 e. The van der Waals surface area contributed by atoms with Gasteiger partial charge in [0.2, 0.25) is 0 Å². The second-order valence-electron chi connectivity index (χ2n) is 2.20. The standard InChI is InChI=1S/C7H7BrN2O2.ClH/c8-6-2-1-3-7(10(11)12)5(6)4-9;/h1-3H,4,9H2;1H. The SMILES string of the molecule is Cl.NCc1c(Br)cccc1[N+](=O)[O-]. The maximum absolute atomic E-state index is 10.5. The van der Waals surface area contributed by atoms with Gasteiger partial charge in [-0.05, 0) is 6.07 Å². The van der Waals surface area contributed by atoms with Crippen molar-refractivity contribution in [2.75, 3.05) is 0 Å². The molecule has 1 aromatic carbocycles. The number of nitro benzene ring substituents is 1. The van der Waals surface area contributed by atoms with Crippen LogP contribution in [0.1, 0.15) is 5.56 Å². The number of nitrogens with two attached hydrogens (primary N) is 1. The zero-order valence-corrected chi connectivity index (χ0v) is 8.97. The first kappa shape index (κ1) is 12.3. The van der Waals surface area contributed by atoms with E-state index in [0.29, 0.717) is 10.0 Å². The van der Waals surface area contributed by atoms with Crippen LogP contribution in [0.3, 0.4) is 0 Å². The van der Waals surface area contributed by atoms with Gasteiger partial charge in [0.25, 0.3) is 5.69 Å². The first-order valence-electron chi connectivity index (χ1n) is 3.28. The molecule has 0 bridgehead atoms. The average molecular weight is 268 g/mol. The maximum Gasteiger partial charge on any atom is 0.275 e. The van der Waals surface area contributed by atoms with Crippen LogP contribution < -0.4 is 5.73 Å². The molecule has 0 aliphatic rings. The van der Waals surface area contributed by atoms with Crippen LogP contribution in [0.5, 0.6) is 0 Å². The average Bonchev–Trinajstić information content (AvgIpc) is 2.03. The number of nitrogens with zero attached hydrogens (tertiary/aromatic N) is 1. The largest absolute Gasteiger partial charge is 0.326 e. The highest BCUT2D eigenvalue weighted by molar-refractivity contribution is 9.10. The van der Waals surface area contributed by atoms with Gasteiger partial charge < -0.3 is 5.73 Å². The molecule has 0 heterocycles. The molecular weight excluding hydrogens is 259 g/mol. The second kappa shape index (κ2) is 5.16. The molecule has 0 aliphatic carbocycles. The number of rotatable bonds is 2. The molecule has 0 fully saturated rings. The third kappa shape index (κ3) is 2.65. The topological polar surface area (TPSA) is 69.2 Å². The summed E-state index contributed by atoms with van der Waals surface area (Å²) in [6.07, 6.45) is 0. The van der Waals surface area contributed by atoms with Crippen molar-refractivity contribution in [1.29, 1.82) is 0 Å². The Morgan fingerprint density at radius 1 is 1.54 bits per heavy atom. The second-order valence-corrected chi connectivity index (χ2v) is 3.05. The molecular formula is C7H8BrClN2O2. The van der Waals surface area contributed by atoms with E-state index in [0.717, 1.165) is 0 Å². The summed E-state index contributed by atoms with van der Waals surface area (Å²) in [6, 6.07) is 4.78. The molecule has 13 heavy (non-hydrogen) atoms. The van der Waals surface area contributed by atoms with Gasteiger partial charge in [0.05, 0.1) is 10.5 Å². The quantitative estimate of drug-likeness (QED) is 0.660. The minimum atomic E-state index is -0.438. The summed E-state index contributed by atoms with van der Waals surface area (Å²) in [5.41, 5.74) is 5.95. The Labute approximate surface area is 89.8 Å². The fourth-order valence-electron chi connectivity index (χ4n) is 0.920. The van der Waals surface area contributed by atoms with Crippen molar-refractivity contribution < 1.29 is 4.92 Å². The summed E-state index contributed by atoms with van der Waals surface area (Å²) in [5.74, 6) is 0. The Morgan fingerprint density at radius 2 is 2.15 bits per heavy atom. The Bertz CT molecular complexity index is 319. The van der Waals surface area contributed by atoms with Crippen LogP contribution in [0.4, 0.5) is 5.69 Å². The van der Waals surface area contributed by atoms with E-state index in [9.17, 15) is 10.1 Å². The van der Waals surface area contributed by atoms with Gasteiger partial charge in [-0.3, -0.25) is 10.1 Å². The summed E-state index contributed by atoms with van der Waals surface area (Å²) in [4.78, 5) is 10.0. The molecule has 0 spiro atoms. The molecule has 0 amide bonds. The van der Waals surface area contributed by atoms with Crippen molar-refractivity contribution in [3.63, 3.8) is 0 Å². The van der Waals surface area contributed by atoms with E-state index in [-0.39, 0.29) is 24.6 Å². The van der Waals surface area contributed by atoms with Gasteiger partial charge in [0.15, 0.2) is 0 Å². The maximum atomic E-state index is 10.5. The molecule has 1 aromatic rings. The van der Waals surface area contributed by atoms with E-state index in [1.807, 2.05) is 0 Å². The van der Waals surface area contributed by atoms with Gasteiger partial charge >= 0.3 is 0 Å². The van der Waals surface area contributed by atoms with E-state index >= 15 is 0 Å². The Balaban J connectivity index is 0.00000144. The highest BCUT2D eigenvalue weighted by Gasteiger charge is 2.13. The predicted molar refractivity (Wildman–Crippen MR) is 55.9 cm³/mol. The summed E-state index contributed by atoms with van der Waals surface area (Å²) < 4.78 is 0.680. The van der Waals surface area contributed by atoms with Crippen LogP contribution in [0.2, 0.25) is 0 Å². The van der Waals surface area contributed by atoms with Crippen LogP contribution in [-0.4, -0.2) is 4.92 Å². The molecule has 0 atom stereocenters. The molecule has 2 N–H and O–H groups in total. The predicted octanol–water partition coefficient (Wildman–Crippen LogP) is 2.24. The third-order valence-corrected chi connectivity index (χ3v) is 2.24. The fraction of sp³-hybridized carbons (Fsp3) is 0.143. The van der Waals surface area contributed by atoms with Crippen molar-refractivity contribution >= 4 is 34.0 Å². The van der Waals surface area contributed by atoms with E-state index in [1.165, 1.54) is 6.07 Å². The van der Waals surface area contributed by atoms with Gasteiger partial charge in [0.1, 0.15) is 0 Å². The highest BCUT2D eigenvalue weighted by Crippen LogP contribution is 2.25. The summed E-state index contributed by atoms with van der Waals surface area (Å²) in [6.45, 7) is 0.164. The summed E-state index contributed by atoms with van der Waals surface area (Å²) >= 11 is 3.19. The lowest BCUT2D eigenvalue weighted by Gasteiger charge is -2.00. The first-order valence-corrected chi connectivity index (χ1v) is 4.08. The molecule has 6 heteroatoms. The molecule has 0 aliphatic heterocycles. The van der Waals surface area contributed by atoms with Crippen LogP contribution in [-0.2, 0) is 6.54 Å². The van der Waals surface area contributed by atoms with Crippen LogP contribution >= 0.6 is 28.3 Å². The zero-order chi connectivity index (χ0) is 9.14. The van der Waals surface area contributed by atoms with E-state index in [2.05, 4.69) is 15.9 Å². The van der Waals surface area contributed by atoms with E-state index < -0.39 is 4.92 Å². The lowest BCUT2D eigenvalue weighted by molar-refractivity contribution is -0.385. The van der Waals surface area contributed by atoms with Gasteiger partial charge in [-0.1, -0.05) is 22.0 Å². The molecule has 0 radical (unpaired) electrons. The molecule has 0 aromatic heterocycles. The normalized spacial score (nSPS) is 9.08. The van der Waals surface area contributed by atoms with Gasteiger partial charge in [0, 0.05) is 17.1 Å². The molecule has 4 nitrogen and oxygen atoms in total. The minimum absolute atomic E-state index is 0. The Hall–Kier alpha value is -0.650. The number of hydrogen-bond acceptors (Lipinski definition) is 3. The van der Waals surface area contributed by atoms with Crippen molar-refractivity contribution in [1.82, 2.24) is 0 Å². The summed E-state index contributed by atoms with van der Waals surface area (Å²) in [5, 5.41) is 10.5. The number of halogens is 2. The molecule has 0 unspecified atom stereocenters. The highest BCUT2D eigenvalue weighted by atomic mass is 79.9. The van der Waals surface area contributed by atoms with Crippen LogP contribution in [0.15, 0.2) is 22.7 Å². The third-order valence-electron chi connectivity index (χ3n) is 1.49. The van der Waals surface area contributed by atoms with Gasteiger partial charge in [-0.25, -0.2) is 0 Å². The lowest BCUT2D eigenvalue weighted by Crippen LogP contribution is -2.02. The molecule has 72 valence electrons. The van der Waals surface area contributed by atoms with Crippen molar-refractivity contribution in [2.24, 2.45) is 5.73 Å². The number of benzene rings is 1. The van der Waals surface area contributed by atoms with Gasteiger partial charge in [-0.2, -0.15) is 0 Å². The van der Waals surface area contributed by atoms with Crippen molar-refractivity contribution in [3.8, 4) is 0 Å². The Kier molecular flexibility index (Phi) is 4.90. The molecule has 0 saturated heterocycles. The van der Waals surface area contributed by atoms with Gasteiger partial charge in [-0.15, -0.1) is 12.4 Å².